The van der Waals surface area contributed by atoms with E-state index in [1.54, 1.807) is 14.2 Å². The van der Waals surface area contributed by atoms with E-state index in [0.29, 0.717) is 12.4 Å². The average Bonchev–Trinajstić information content (AvgIpc) is 3.29. The Morgan fingerprint density at radius 2 is 1.76 bits per heavy atom. The van der Waals surface area contributed by atoms with E-state index >= 15 is 0 Å². The molecule has 0 amide bonds. The molecule has 2 aromatic heterocycles. The van der Waals surface area contributed by atoms with Gasteiger partial charge in [-0.15, -0.1) is 10.2 Å². The van der Waals surface area contributed by atoms with Crippen molar-refractivity contribution >= 4 is 10.9 Å². The molecule has 0 fully saturated rings. The fraction of sp³-hybridized carbons (Fsp3) is 0.158. The molecule has 0 aliphatic heterocycles. The number of ether oxygens (including phenoxy) is 2. The van der Waals surface area contributed by atoms with E-state index in [0.717, 1.165) is 33.7 Å². The Balaban J connectivity index is 1.85. The number of hydrogen-bond donors (Lipinski definition) is 0. The number of methoxy groups -OCH3 is 2. The maximum atomic E-state index is 5.42. The van der Waals surface area contributed by atoms with E-state index in [-0.39, 0.29) is 0 Å². The molecule has 0 N–H and O–H groups in total. The zero-order chi connectivity index (χ0) is 17.2. The second-order valence-electron chi connectivity index (χ2n) is 5.64. The smallest absolute Gasteiger partial charge is 0.264 e. The first kappa shape index (κ1) is 15.3. The highest BCUT2D eigenvalue weighted by Crippen LogP contribution is 2.30. The molecule has 25 heavy (non-hydrogen) atoms. The van der Waals surface area contributed by atoms with Crippen molar-refractivity contribution in [3.63, 3.8) is 0 Å². The maximum Gasteiger partial charge on any atom is 0.264 e. The van der Waals surface area contributed by atoms with Crippen LogP contribution >= 0.6 is 0 Å². The molecule has 0 saturated carbocycles. The summed E-state index contributed by atoms with van der Waals surface area (Å²) in [7, 11) is 3.29. The minimum Gasteiger partial charge on any atom is -0.497 e. The van der Waals surface area contributed by atoms with Crippen molar-refractivity contribution in [2.45, 2.75) is 6.54 Å². The van der Waals surface area contributed by atoms with Crippen LogP contribution < -0.4 is 9.47 Å². The first-order chi connectivity index (χ1) is 12.3. The van der Waals surface area contributed by atoms with Crippen LogP contribution in [0.3, 0.4) is 0 Å². The number of hydrogen-bond acceptors (Lipinski definition) is 5. The number of para-hydroxylation sites is 1. The zero-order valence-corrected chi connectivity index (χ0v) is 14.0. The molecule has 126 valence electrons. The maximum absolute atomic E-state index is 5.42. The highest BCUT2D eigenvalue weighted by molar-refractivity contribution is 5.85. The van der Waals surface area contributed by atoms with Crippen LogP contribution in [0.2, 0.25) is 0 Å². The first-order valence-electron chi connectivity index (χ1n) is 7.85. The minimum atomic E-state index is 0.492. The Kier molecular flexibility index (Phi) is 3.85. The van der Waals surface area contributed by atoms with Gasteiger partial charge in [-0.2, -0.15) is 0 Å². The van der Waals surface area contributed by atoms with Gasteiger partial charge < -0.3 is 18.5 Å². The highest BCUT2D eigenvalue weighted by Gasteiger charge is 2.15. The lowest BCUT2D eigenvalue weighted by Crippen LogP contribution is -2.03. The normalized spacial score (nSPS) is 11.0. The summed E-state index contributed by atoms with van der Waals surface area (Å²) in [4.78, 5) is 0. The van der Waals surface area contributed by atoms with Crippen molar-refractivity contribution in [3.8, 4) is 23.1 Å². The quantitative estimate of drug-likeness (QED) is 0.556. The minimum absolute atomic E-state index is 0.492. The Hall–Kier alpha value is -3.28. The lowest BCUT2D eigenvalue weighted by atomic mass is 10.2. The topological polar surface area (TPSA) is 62.3 Å². The average molecular weight is 335 g/mol. The predicted molar refractivity (Wildman–Crippen MR) is 93.9 cm³/mol. The van der Waals surface area contributed by atoms with Crippen LogP contribution in [0.1, 0.15) is 5.56 Å². The van der Waals surface area contributed by atoms with Gasteiger partial charge in [0, 0.05) is 23.5 Å². The number of benzene rings is 2. The molecule has 2 aromatic carbocycles. The fourth-order valence-corrected chi connectivity index (χ4v) is 2.98. The van der Waals surface area contributed by atoms with Crippen LogP contribution in [0.4, 0.5) is 0 Å². The predicted octanol–water partition coefficient (Wildman–Crippen LogP) is 3.76. The van der Waals surface area contributed by atoms with Gasteiger partial charge in [-0.3, -0.25) is 0 Å². The Labute approximate surface area is 144 Å². The number of nitrogens with zero attached hydrogens (tertiary/aromatic N) is 3. The molecule has 0 atom stereocenters. The van der Waals surface area contributed by atoms with Crippen molar-refractivity contribution in [3.05, 3.63) is 60.5 Å². The van der Waals surface area contributed by atoms with E-state index in [1.807, 2.05) is 30.3 Å². The molecule has 0 aliphatic carbocycles. The summed E-state index contributed by atoms with van der Waals surface area (Å²) in [6.07, 6.45) is 1.34. The molecule has 0 spiro atoms. The second-order valence-corrected chi connectivity index (χ2v) is 5.64. The van der Waals surface area contributed by atoms with Gasteiger partial charge in [-0.25, -0.2) is 0 Å². The van der Waals surface area contributed by atoms with Gasteiger partial charge >= 0.3 is 0 Å². The molecule has 4 aromatic rings. The summed E-state index contributed by atoms with van der Waals surface area (Å²) in [5, 5.41) is 8.98. The largest absolute Gasteiger partial charge is 0.497 e. The number of fused-ring (bicyclic) bond motifs is 1. The fourth-order valence-electron chi connectivity index (χ4n) is 2.98. The summed E-state index contributed by atoms with van der Waals surface area (Å²) in [6, 6.07) is 16.1. The van der Waals surface area contributed by atoms with Crippen LogP contribution in [0.15, 0.2) is 59.3 Å². The van der Waals surface area contributed by atoms with Crippen molar-refractivity contribution in [1.82, 2.24) is 14.8 Å². The van der Waals surface area contributed by atoms with Gasteiger partial charge in [-0.05, 0) is 29.8 Å². The van der Waals surface area contributed by atoms with E-state index in [1.165, 1.54) is 6.39 Å². The molecule has 0 radical (unpaired) electrons. The van der Waals surface area contributed by atoms with Crippen molar-refractivity contribution in [2.24, 2.45) is 0 Å². The van der Waals surface area contributed by atoms with E-state index in [2.05, 4.69) is 33.0 Å². The van der Waals surface area contributed by atoms with Gasteiger partial charge in [-0.1, -0.05) is 18.2 Å². The van der Waals surface area contributed by atoms with Crippen LogP contribution in [0.5, 0.6) is 11.5 Å². The molecule has 6 nitrogen and oxygen atoms in total. The molecule has 0 saturated heterocycles. The van der Waals surface area contributed by atoms with Gasteiger partial charge in [0.05, 0.1) is 14.2 Å². The molecule has 0 bridgehead atoms. The molecule has 0 aliphatic rings. The van der Waals surface area contributed by atoms with Gasteiger partial charge in [0.2, 0.25) is 6.39 Å². The first-order valence-corrected chi connectivity index (χ1v) is 7.85. The zero-order valence-electron chi connectivity index (χ0n) is 14.0. The summed E-state index contributed by atoms with van der Waals surface area (Å²) in [5.41, 5.74) is 3.02. The van der Waals surface area contributed by atoms with E-state index in [9.17, 15) is 0 Å². The molecule has 0 unspecified atom stereocenters. The monoisotopic (exact) mass is 335 g/mol. The van der Waals surface area contributed by atoms with Crippen molar-refractivity contribution < 1.29 is 13.9 Å². The van der Waals surface area contributed by atoms with Crippen LogP contribution in [-0.2, 0) is 6.54 Å². The third-order valence-corrected chi connectivity index (χ3v) is 4.14. The third-order valence-electron chi connectivity index (χ3n) is 4.14. The van der Waals surface area contributed by atoms with Crippen molar-refractivity contribution in [1.29, 1.82) is 0 Å². The SMILES string of the molecule is COc1cc(Cn2c(-c3nnco3)cc3ccccc32)cc(OC)c1. The van der Waals surface area contributed by atoms with E-state index < -0.39 is 0 Å². The summed E-state index contributed by atoms with van der Waals surface area (Å²) in [5.74, 6) is 2.00. The molecular weight excluding hydrogens is 318 g/mol. The summed E-state index contributed by atoms with van der Waals surface area (Å²) < 4.78 is 18.3. The van der Waals surface area contributed by atoms with Gasteiger partial charge in [0.15, 0.2) is 0 Å². The lowest BCUT2D eigenvalue weighted by Gasteiger charge is -2.12. The van der Waals surface area contributed by atoms with E-state index in [4.69, 9.17) is 13.9 Å². The number of aromatic nitrogens is 3. The van der Waals surface area contributed by atoms with Crippen LogP contribution in [0.25, 0.3) is 22.5 Å². The molecule has 2 heterocycles. The lowest BCUT2D eigenvalue weighted by molar-refractivity contribution is 0.393. The standard InChI is InChI=1S/C19H17N3O3/c1-23-15-7-13(8-16(10-15)24-2)11-22-17-6-4-3-5-14(17)9-18(22)19-21-20-12-25-19/h3-10,12H,11H2,1-2H3. The summed E-state index contributed by atoms with van der Waals surface area (Å²) in [6.45, 7) is 0.624. The Morgan fingerprint density at radius 1 is 1.00 bits per heavy atom. The van der Waals surface area contributed by atoms with Gasteiger partial charge in [0.1, 0.15) is 17.2 Å². The highest BCUT2D eigenvalue weighted by atomic mass is 16.5. The number of rotatable bonds is 5. The van der Waals surface area contributed by atoms with Gasteiger partial charge in [0.25, 0.3) is 5.89 Å². The van der Waals surface area contributed by atoms with Crippen LogP contribution in [0, 0.1) is 0 Å². The Morgan fingerprint density at radius 3 is 2.44 bits per heavy atom. The van der Waals surface area contributed by atoms with Crippen LogP contribution in [-0.4, -0.2) is 29.0 Å². The third kappa shape index (κ3) is 2.82. The summed E-state index contributed by atoms with van der Waals surface area (Å²) >= 11 is 0. The van der Waals surface area contributed by atoms with Crippen molar-refractivity contribution in [2.75, 3.05) is 14.2 Å². The second kappa shape index (κ2) is 6.32. The Bertz CT molecular complexity index is 984. The molecule has 6 heteroatoms. The molecular formula is C19H17N3O3. The molecule has 4 rings (SSSR count).